The normalized spacial score (nSPS) is 11.5. The summed E-state index contributed by atoms with van der Waals surface area (Å²) >= 11 is 1.86. The van der Waals surface area contributed by atoms with E-state index in [2.05, 4.69) is 252 Å². The van der Waals surface area contributed by atoms with E-state index in [0.29, 0.717) is 0 Å². The van der Waals surface area contributed by atoms with Gasteiger partial charge in [0, 0.05) is 53.6 Å². The average Bonchev–Trinajstić information content (AvgIpc) is 3.90. The fourth-order valence-electron chi connectivity index (χ4n) is 9.32. The highest BCUT2D eigenvalue weighted by atomic mass is 32.1. The van der Waals surface area contributed by atoms with E-state index in [1.807, 2.05) is 11.3 Å². The van der Waals surface area contributed by atoms with Crippen molar-refractivity contribution < 1.29 is 0 Å². The Balaban J connectivity index is 1.15. The lowest BCUT2D eigenvalue weighted by molar-refractivity contribution is 1.18. The van der Waals surface area contributed by atoms with Crippen molar-refractivity contribution in [3.8, 4) is 50.2 Å². The molecule has 12 rings (SSSR count). The number of hydrogen-bond donors (Lipinski definition) is 0. The fourth-order valence-corrected chi connectivity index (χ4v) is 10.4. The van der Waals surface area contributed by atoms with Gasteiger partial charge in [-0.25, -0.2) is 0 Å². The first kappa shape index (κ1) is 36.8. The van der Waals surface area contributed by atoms with E-state index in [-0.39, 0.29) is 0 Å². The summed E-state index contributed by atoms with van der Waals surface area (Å²) in [4.78, 5) is 2.44. The minimum atomic E-state index is 1.08. The molecule has 0 radical (unpaired) electrons. The lowest BCUT2D eigenvalue weighted by Crippen LogP contribution is -2.11. The van der Waals surface area contributed by atoms with Gasteiger partial charge in [0.2, 0.25) is 0 Å². The van der Waals surface area contributed by atoms with E-state index >= 15 is 0 Å². The predicted octanol–water partition coefficient (Wildman–Crippen LogP) is 17.3. The molecule has 296 valence electrons. The number of hydrogen-bond acceptors (Lipinski definition) is 2. The number of fused-ring (bicyclic) bond motifs is 6. The second-order valence-electron chi connectivity index (χ2n) is 16.1. The van der Waals surface area contributed by atoms with Gasteiger partial charge in [-0.15, -0.1) is 11.3 Å². The SMILES string of the molecule is c1ccc(-c2ccc(N(c3ccc(-c4ccccc4)cc3)c3cc4c(cc3-c3ccccc3)c3cc(-c5ccccc5)ccc3n4-c3ccc4sc5ccccc5c4c3)cc2)cc1. The summed E-state index contributed by atoms with van der Waals surface area (Å²) in [7, 11) is 0. The quantitative estimate of drug-likeness (QED) is 0.148. The van der Waals surface area contributed by atoms with Crippen LogP contribution in [-0.2, 0) is 0 Å². The van der Waals surface area contributed by atoms with E-state index in [0.717, 1.165) is 39.4 Å². The van der Waals surface area contributed by atoms with Crippen molar-refractivity contribution >= 4 is 70.4 Å². The van der Waals surface area contributed by atoms with E-state index in [9.17, 15) is 0 Å². The van der Waals surface area contributed by atoms with E-state index in [4.69, 9.17) is 0 Å². The van der Waals surface area contributed by atoms with Crippen molar-refractivity contribution in [3.05, 3.63) is 243 Å². The summed E-state index contributed by atoms with van der Waals surface area (Å²) in [5.74, 6) is 0. The topological polar surface area (TPSA) is 8.17 Å². The molecule has 0 bridgehead atoms. The van der Waals surface area contributed by atoms with Gasteiger partial charge in [-0.05, 0) is 112 Å². The third kappa shape index (κ3) is 6.58. The van der Waals surface area contributed by atoms with Gasteiger partial charge in [0.05, 0.1) is 16.7 Å². The molecule has 0 N–H and O–H groups in total. The van der Waals surface area contributed by atoms with Crippen LogP contribution in [0.4, 0.5) is 17.1 Å². The third-order valence-corrected chi connectivity index (χ3v) is 13.6. The predicted molar refractivity (Wildman–Crippen MR) is 270 cm³/mol. The number of thiophene rings is 1. The molecule has 0 amide bonds. The second-order valence-corrected chi connectivity index (χ2v) is 17.2. The van der Waals surface area contributed by atoms with E-state index in [1.165, 1.54) is 69.8 Å². The molecule has 0 spiro atoms. The van der Waals surface area contributed by atoms with Crippen LogP contribution >= 0.6 is 11.3 Å². The molecular weight excluding hydrogens is 781 g/mol. The standard InChI is InChI=1S/C60H40N2S/c1-5-15-41(16-6-1)44-25-30-48(31-26-44)61(49-32-27-45(28-33-49)42-17-7-2-8-18-42)57-40-58-54(39-52(57)46-21-11-4-12-22-46)53-37-47(43-19-9-3-10-20-43)29-35-56(53)62(58)50-34-36-60-55(38-50)51-23-13-14-24-59(51)63-60/h1-40H. The lowest BCUT2D eigenvalue weighted by Gasteiger charge is -2.29. The molecule has 0 aliphatic carbocycles. The van der Waals surface area contributed by atoms with E-state index in [1.54, 1.807) is 0 Å². The second kappa shape index (κ2) is 15.5. The van der Waals surface area contributed by atoms with Crippen molar-refractivity contribution in [2.75, 3.05) is 4.90 Å². The van der Waals surface area contributed by atoms with Gasteiger partial charge >= 0.3 is 0 Å². The van der Waals surface area contributed by atoms with Gasteiger partial charge in [-0.3, -0.25) is 0 Å². The zero-order chi connectivity index (χ0) is 41.7. The molecule has 3 heteroatoms. The monoisotopic (exact) mass is 820 g/mol. The molecule has 0 unspecified atom stereocenters. The highest BCUT2D eigenvalue weighted by Gasteiger charge is 2.23. The van der Waals surface area contributed by atoms with Gasteiger partial charge in [-0.1, -0.05) is 170 Å². The van der Waals surface area contributed by atoms with Crippen molar-refractivity contribution in [1.29, 1.82) is 0 Å². The zero-order valence-electron chi connectivity index (χ0n) is 34.4. The first-order valence-corrected chi connectivity index (χ1v) is 22.3. The number of aromatic nitrogens is 1. The van der Waals surface area contributed by atoms with Crippen molar-refractivity contribution in [1.82, 2.24) is 4.57 Å². The number of nitrogens with zero attached hydrogens (tertiary/aromatic N) is 2. The molecule has 63 heavy (non-hydrogen) atoms. The highest BCUT2D eigenvalue weighted by Crippen LogP contribution is 2.47. The van der Waals surface area contributed by atoms with Crippen LogP contribution in [0, 0.1) is 0 Å². The Hall–Kier alpha value is -7.98. The summed E-state index contributed by atoms with van der Waals surface area (Å²) in [6, 6.07) is 88.6. The Kier molecular flexibility index (Phi) is 9.06. The molecule has 0 saturated carbocycles. The molecule has 0 atom stereocenters. The Morgan fingerprint density at radius 1 is 0.302 bits per heavy atom. The van der Waals surface area contributed by atoms with Crippen LogP contribution in [0.2, 0.25) is 0 Å². The maximum absolute atomic E-state index is 2.48. The molecule has 2 aromatic heterocycles. The number of anilines is 3. The summed E-state index contributed by atoms with van der Waals surface area (Å²) in [5, 5.41) is 5.00. The van der Waals surface area contributed by atoms with Crippen LogP contribution in [0.3, 0.4) is 0 Å². The van der Waals surface area contributed by atoms with Crippen LogP contribution in [-0.4, -0.2) is 4.57 Å². The smallest absolute Gasteiger partial charge is 0.0562 e. The molecule has 0 saturated heterocycles. The maximum Gasteiger partial charge on any atom is 0.0562 e. The van der Waals surface area contributed by atoms with Crippen LogP contribution in [0.1, 0.15) is 0 Å². The fraction of sp³-hybridized carbons (Fsp3) is 0. The molecule has 2 nitrogen and oxygen atoms in total. The summed E-state index contributed by atoms with van der Waals surface area (Å²) in [5.41, 5.74) is 16.2. The van der Waals surface area contributed by atoms with Crippen LogP contribution in [0.25, 0.3) is 92.2 Å². The van der Waals surface area contributed by atoms with Gasteiger partial charge in [0.15, 0.2) is 0 Å². The minimum absolute atomic E-state index is 1.08. The Morgan fingerprint density at radius 3 is 1.38 bits per heavy atom. The highest BCUT2D eigenvalue weighted by molar-refractivity contribution is 7.25. The maximum atomic E-state index is 2.48. The first-order valence-electron chi connectivity index (χ1n) is 21.5. The molecule has 2 heterocycles. The third-order valence-electron chi connectivity index (χ3n) is 12.4. The largest absolute Gasteiger partial charge is 0.310 e. The first-order chi connectivity index (χ1) is 31.2. The van der Waals surface area contributed by atoms with Gasteiger partial charge in [0.25, 0.3) is 0 Å². The van der Waals surface area contributed by atoms with Crippen molar-refractivity contribution in [2.24, 2.45) is 0 Å². The van der Waals surface area contributed by atoms with Crippen molar-refractivity contribution in [3.63, 3.8) is 0 Å². The average molecular weight is 821 g/mol. The number of benzene rings is 10. The van der Waals surface area contributed by atoms with Crippen LogP contribution < -0.4 is 4.90 Å². The summed E-state index contributed by atoms with van der Waals surface area (Å²) in [6.45, 7) is 0. The Morgan fingerprint density at radius 2 is 0.778 bits per heavy atom. The molecule has 10 aromatic carbocycles. The van der Waals surface area contributed by atoms with Crippen LogP contribution in [0.15, 0.2) is 243 Å². The number of rotatable bonds is 8. The Bertz CT molecular complexity index is 3490. The minimum Gasteiger partial charge on any atom is -0.310 e. The van der Waals surface area contributed by atoms with Gasteiger partial charge < -0.3 is 9.47 Å². The molecule has 0 aliphatic heterocycles. The Labute approximate surface area is 370 Å². The lowest BCUT2D eigenvalue weighted by atomic mass is 9.97. The van der Waals surface area contributed by atoms with E-state index < -0.39 is 0 Å². The molecule has 0 aliphatic rings. The summed E-state index contributed by atoms with van der Waals surface area (Å²) in [6.07, 6.45) is 0. The van der Waals surface area contributed by atoms with Gasteiger partial charge in [0.1, 0.15) is 0 Å². The van der Waals surface area contributed by atoms with Gasteiger partial charge in [-0.2, -0.15) is 0 Å². The molecule has 0 fully saturated rings. The molecule has 12 aromatic rings. The van der Waals surface area contributed by atoms with Crippen molar-refractivity contribution in [2.45, 2.75) is 0 Å². The van der Waals surface area contributed by atoms with Crippen LogP contribution in [0.5, 0.6) is 0 Å². The summed E-state index contributed by atoms with van der Waals surface area (Å²) < 4.78 is 5.09. The molecular formula is C60H40N2S. The zero-order valence-corrected chi connectivity index (χ0v) is 35.2.